The molecule has 42 valence electrons. The minimum absolute atomic E-state index is 0.181. The van der Waals surface area contributed by atoms with Crippen LogP contribution in [0.1, 0.15) is 0 Å². The van der Waals surface area contributed by atoms with E-state index in [0.717, 1.165) is 0 Å². The second kappa shape index (κ2) is 2.55. The number of nitrogens with one attached hydrogen (secondary N) is 1. The number of carbonyl (C=O) groups is 1. The molecule has 0 spiro atoms. The normalized spacial score (nSPS) is 10.6. The molecule has 3 nitrogen and oxygen atoms in total. The van der Waals surface area contributed by atoms with Crippen molar-refractivity contribution in [3.05, 3.63) is 0 Å². The van der Waals surface area contributed by atoms with E-state index in [1.807, 2.05) is 0 Å². The van der Waals surface area contributed by atoms with Crippen molar-refractivity contribution >= 4 is 34.9 Å². The van der Waals surface area contributed by atoms with Crippen molar-refractivity contribution in [3.63, 3.8) is 0 Å². The number of hydrogen-bond acceptors (Lipinski definition) is 2. The van der Waals surface area contributed by atoms with Gasteiger partial charge in [0.15, 0.2) is 0 Å². The van der Waals surface area contributed by atoms with Crippen LogP contribution < -0.4 is 5.09 Å². The molecule has 0 heterocycles. The molecule has 0 saturated carbocycles. The van der Waals surface area contributed by atoms with Gasteiger partial charge in [-0.3, -0.25) is 14.4 Å². The first-order valence-corrected chi connectivity index (χ1v) is 4.79. The zero-order valence-electron chi connectivity index (χ0n) is 3.10. The predicted octanol–water partition coefficient (Wildman–Crippen LogP) is 1.32. The molecule has 7 heavy (non-hydrogen) atoms. The highest BCUT2D eigenvalue weighted by molar-refractivity contribution is 8.07. The number of carbonyl (C=O) groups excluding carboxylic acids is 1. The molecule has 0 saturated heterocycles. The second-order valence-electron chi connectivity index (χ2n) is 0.709. The number of rotatable bonds is 2. The summed E-state index contributed by atoms with van der Waals surface area (Å²) in [6, 6.07) is 0. The van der Waals surface area contributed by atoms with Crippen molar-refractivity contribution in [1.29, 1.82) is 0 Å². The molecule has 0 aliphatic carbocycles. The lowest BCUT2D eigenvalue weighted by Gasteiger charge is -1.92. The van der Waals surface area contributed by atoms with E-state index in [0.29, 0.717) is 0 Å². The first-order chi connectivity index (χ1) is 3.06. The second-order valence-corrected chi connectivity index (χ2v) is 5.27. The van der Waals surface area contributed by atoms with E-state index in [1.54, 1.807) is 5.09 Å². The molecule has 0 aromatic rings. The van der Waals surface area contributed by atoms with Crippen LogP contribution in [0, 0.1) is 0 Å². The summed E-state index contributed by atoms with van der Waals surface area (Å²) in [5, 5.41) is 1.69. The Bertz CT molecular complexity index is 108. The highest BCUT2D eigenvalue weighted by Gasteiger charge is 2.08. The van der Waals surface area contributed by atoms with Crippen molar-refractivity contribution < 1.29 is 9.36 Å². The molecule has 0 aliphatic heterocycles. The van der Waals surface area contributed by atoms with E-state index in [1.165, 1.54) is 0 Å². The average Bonchev–Trinajstić information content (AvgIpc) is 1.30. The zero-order valence-corrected chi connectivity index (χ0v) is 5.50. The van der Waals surface area contributed by atoms with Crippen molar-refractivity contribution in [2.45, 2.75) is 0 Å². The molecule has 0 atom stereocenters. The van der Waals surface area contributed by atoms with Crippen molar-refractivity contribution in [3.8, 4) is 0 Å². The van der Waals surface area contributed by atoms with Crippen LogP contribution in [0.4, 0.5) is 0 Å². The molecule has 6 heteroatoms. The molecule has 0 aromatic heterocycles. The van der Waals surface area contributed by atoms with Crippen LogP contribution >= 0.6 is 28.5 Å². The first-order valence-electron chi connectivity index (χ1n) is 1.27. The summed E-state index contributed by atoms with van der Waals surface area (Å²) >= 11 is 9.62. The quantitative estimate of drug-likeness (QED) is 0.491. The SMILES string of the molecule is O=CNP(=O)(Cl)Cl. The summed E-state index contributed by atoms with van der Waals surface area (Å²) in [4.78, 5) is 9.37. The Hall–Kier alpha value is 0.280. The lowest BCUT2D eigenvalue weighted by Crippen LogP contribution is -1.97. The molecule has 0 bridgehead atoms. The molecule has 0 radical (unpaired) electrons. The Morgan fingerprint density at radius 2 is 2.00 bits per heavy atom. The number of amides is 1. The fraction of sp³-hybridized carbons (Fsp3) is 0. The zero-order chi connectivity index (χ0) is 5.91. The van der Waals surface area contributed by atoms with E-state index in [-0.39, 0.29) is 6.41 Å². The molecule has 0 rings (SSSR count). The lowest BCUT2D eigenvalue weighted by molar-refractivity contribution is -0.108. The molecule has 1 N–H and O–H groups in total. The van der Waals surface area contributed by atoms with E-state index in [2.05, 4.69) is 0 Å². The van der Waals surface area contributed by atoms with Gasteiger partial charge >= 0.3 is 6.00 Å². The van der Waals surface area contributed by atoms with Crippen LogP contribution in [0.3, 0.4) is 0 Å². The summed E-state index contributed by atoms with van der Waals surface area (Å²) in [6.07, 6.45) is 0.181. The van der Waals surface area contributed by atoms with Gasteiger partial charge < -0.3 is 0 Å². The summed E-state index contributed by atoms with van der Waals surface area (Å²) in [5.74, 6) is -3.34. The van der Waals surface area contributed by atoms with Gasteiger partial charge in [0.2, 0.25) is 6.41 Å². The largest absolute Gasteiger partial charge is 0.345 e. The standard InChI is InChI=1S/CH2Cl2NO2P/c2-7(3,6)4-1-5/h1H,(H,4,5,6). The molecule has 0 aliphatic rings. The smallest absolute Gasteiger partial charge is 0.286 e. The van der Waals surface area contributed by atoms with Crippen molar-refractivity contribution in [2.75, 3.05) is 0 Å². The first kappa shape index (κ1) is 7.28. The van der Waals surface area contributed by atoms with Crippen LogP contribution in [0.5, 0.6) is 0 Å². The summed E-state index contributed by atoms with van der Waals surface area (Å²) in [7, 11) is 0. The minimum atomic E-state index is -3.34. The summed E-state index contributed by atoms with van der Waals surface area (Å²) in [6.45, 7) is 0. The van der Waals surface area contributed by atoms with E-state index < -0.39 is 6.00 Å². The van der Waals surface area contributed by atoms with Gasteiger partial charge in [-0.1, -0.05) is 0 Å². The van der Waals surface area contributed by atoms with Crippen LogP contribution in [-0.2, 0) is 9.36 Å². The molecule has 0 aromatic carbocycles. The summed E-state index contributed by atoms with van der Waals surface area (Å²) in [5.41, 5.74) is 0. The Labute approximate surface area is 50.0 Å². The van der Waals surface area contributed by atoms with E-state index in [9.17, 15) is 9.36 Å². The lowest BCUT2D eigenvalue weighted by atomic mass is 11.5. The van der Waals surface area contributed by atoms with Gasteiger partial charge in [-0.2, -0.15) is 0 Å². The molecule has 0 unspecified atom stereocenters. The Kier molecular flexibility index (Phi) is 2.66. The van der Waals surface area contributed by atoms with Gasteiger partial charge in [-0.15, -0.1) is 0 Å². The van der Waals surface area contributed by atoms with E-state index in [4.69, 9.17) is 22.5 Å². The molecule has 1 amide bonds. The molecular formula is CH2Cl2NO2P. The third-order valence-corrected chi connectivity index (χ3v) is 1.19. The number of hydrogen-bond donors (Lipinski definition) is 1. The average molecular weight is 162 g/mol. The van der Waals surface area contributed by atoms with Crippen LogP contribution in [-0.4, -0.2) is 6.41 Å². The highest BCUT2D eigenvalue weighted by atomic mass is 35.9. The van der Waals surface area contributed by atoms with Gasteiger partial charge in [-0.25, -0.2) is 0 Å². The Balaban J connectivity index is 3.57. The fourth-order valence-corrected chi connectivity index (χ4v) is 0.423. The number of halogens is 2. The maximum absolute atomic E-state index is 10.0. The Morgan fingerprint density at radius 1 is 1.57 bits per heavy atom. The van der Waals surface area contributed by atoms with Crippen LogP contribution in [0.2, 0.25) is 0 Å². The monoisotopic (exact) mass is 161 g/mol. The summed E-state index contributed by atoms with van der Waals surface area (Å²) < 4.78 is 10.0. The molecular weight excluding hydrogens is 160 g/mol. The third kappa shape index (κ3) is 6.28. The van der Waals surface area contributed by atoms with Gasteiger partial charge in [0.25, 0.3) is 0 Å². The van der Waals surface area contributed by atoms with Gasteiger partial charge in [-0.05, 0) is 22.5 Å². The maximum atomic E-state index is 10.0. The Morgan fingerprint density at radius 3 is 2.00 bits per heavy atom. The molecule has 0 fully saturated rings. The fourth-order valence-electron chi connectivity index (χ4n) is 0.0614. The minimum Gasteiger partial charge on any atom is -0.286 e. The van der Waals surface area contributed by atoms with Crippen molar-refractivity contribution in [1.82, 2.24) is 5.09 Å². The van der Waals surface area contributed by atoms with Crippen molar-refractivity contribution in [2.24, 2.45) is 0 Å². The van der Waals surface area contributed by atoms with Gasteiger partial charge in [0.1, 0.15) is 0 Å². The van der Waals surface area contributed by atoms with Crippen LogP contribution in [0.25, 0.3) is 0 Å². The van der Waals surface area contributed by atoms with Crippen LogP contribution in [0.15, 0.2) is 0 Å². The third-order valence-electron chi connectivity index (χ3n) is 0.203. The van der Waals surface area contributed by atoms with E-state index >= 15 is 0 Å². The van der Waals surface area contributed by atoms with Gasteiger partial charge in [0, 0.05) is 0 Å². The maximum Gasteiger partial charge on any atom is 0.345 e. The predicted molar refractivity (Wildman–Crippen MR) is 28.5 cm³/mol. The van der Waals surface area contributed by atoms with Gasteiger partial charge in [0.05, 0.1) is 0 Å². The topological polar surface area (TPSA) is 46.2 Å². The highest BCUT2D eigenvalue weighted by Crippen LogP contribution is 2.51.